The molecule has 1 spiro atoms. The summed E-state index contributed by atoms with van der Waals surface area (Å²) in [6.07, 6.45) is 1.26. The summed E-state index contributed by atoms with van der Waals surface area (Å²) in [5.41, 5.74) is 1.88. The van der Waals surface area contributed by atoms with Gasteiger partial charge in [0.15, 0.2) is 0 Å². The van der Waals surface area contributed by atoms with Crippen LogP contribution >= 0.6 is 0 Å². The van der Waals surface area contributed by atoms with Crippen LogP contribution in [-0.2, 0) is 21.5 Å². The summed E-state index contributed by atoms with van der Waals surface area (Å²) < 4.78 is 0. The third kappa shape index (κ3) is 2.76. The van der Waals surface area contributed by atoms with Crippen molar-refractivity contribution in [1.29, 1.82) is 0 Å². The van der Waals surface area contributed by atoms with Gasteiger partial charge in [0.2, 0.25) is 5.91 Å². The van der Waals surface area contributed by atoms with Gasteiger partial charge in [0.1, 0.15) is 12.1 Å². The number of fused-ring (bicyclic) bond motifs is 2. The van der Waals surface area contributed by atoms with Crippen LogP contribution in [-0.4, -0.2) is 41.2 Å². The minimum atomic E-state index is -1.03. The maximum Gasteiger partial charge on any atom is 0.325 e. The first-order chi connectivity index (χ1) is 13.4. The molecule has 1 aliphatic heterocycles. The largest absolute Gasteiger partial charge is 0.337 e. The van der Waals surface area contributed by atoms with Crippen molar-refractivity contribution in [2.45, 2.75) is 31.3 Å². The second-order valence-electron chi connectivity index (χ2n) is 7.48. The van der Waals surface area contributed by atoms with Crippen LogP contribution in [0.4, 0.5) is 4.79 Å². The molecule has 4 rings (SSSR count). The monoisotopic (exact) mass is 377 g/mol. The molecule has 6 nitrogen and oxygen atoms in total. The molecule has 144 valence electrons. The van der Waals surface area contributed by atoms with Gasteiger partial charge in [0.05, 0.1) is 6.04 Å². The quantitative estimate of drug-likeness (QED) is 0.833. The molecule has 4 amide bonds. The third-order valence-electron chi connectivity index (χ3n) is 5.97. The minimum absolute atomic E-state index is 0.157. The first-order valence-electron chi connectivity index (χ1n) is 9.47. The fourth-order valence-electron chi connectivity index (χ4n) is 4.15. The predicted molar refractivity (Wildman–Crippen MR) is 104 cm³/mol. The van der Waals surface area contributed by atoms with E-state index in [9.17, 15) is 14.4 Å². The molecule has 1 heterocycles. The Labute approximate surface area is 164 Å². The Bertz CT molecular complexity index is 943. The lowest BCUT2D eigenvalue weighted by Gasteiger charge is -2.27. The SMILES string of the molecule is CC(c1ccccc1)N(C)C(=O)CN1C(=O)NC2(CCc3ccccc32)C1=O. The van der Waals surface area contributed by atoms with Crippen molar-refractivity contribution in [1.82, 2.24) is 15.1 Å². The minimum Gasteiger partial charge on any atom is -0.337 e. The number of aryl methyl sites for hydroxylation is 1. The van der Waals surface area contributed by atoms with Gasteiger partial charge in [-0.25, -0.2) is 4.79 Å². The van der Waals surface area contributed by atoms with E-state index in [1.165, 1.54) is 0 Å². The lowest BCUT2D eigenvalue weighted by molar-refractivity contribution is -0.139. The van der Waals surface area contributed by atoms with E-state index in [1.807, 2.05) is 61.5 Å². The molecule has 2 atom stereocenters. The number of imide groups is 1. The summed E-state index contributed by atoms with van der Waals surface area (Å²) >= 11 is 0. The molecule has 2 aromatic carbocycles. The van der Waals surface area contributed by atoms with Gasteiger partial charge in [-0.15, -0.1) is 0 Å². The Morgan fingerprint density at radius 3 is 2.57 bits per heavy atom. The second-order valence-corrected chi connectivity index (χ2v) is 7.48. The molecule has 6 heteroatoms. The van der Waals surface area contributed by atoms with Crippen molar-refractivity contribution < 1.29 is 14.4 Å². The van der Waals surface area contributed by atoms with Gasteiger partial charge in [-0.05, 0) is 36.5 Å². The van der Waals surface area contributed by atoms with Crippen LogP contribution in [0.25, 0.3) is 0 Å². The van der Waals surface area contributed by atoms with Crippen LogP contribution in [0, 0.1) is 0 Å². The number of nitrogens with one attached hydrogen (secondary N) is 1. The van der Waals surface area contributed by atoms with Crippen molar-refractivity contribution in [3.05, 3.63) is 71.3 Å². The topological polar surface area (TPSA) is 69.7 Å². The summed E-state index contributed by atoms with van der Waals surface area (Å²) in [4.78, 5) is 41.2. The zero-order valence-electron chi connectivity index (χ0n) is 16.0. The molecule has 0 saturated carbocycles. The zero-order chi connectivity index (χ0) is 19.9. The fraction of sp³-hybridized carbons (Fsp3) is 0.318. The van der Waals surface area contributed by atoms with Gasteiger partial charge in [-0.2, -0.15) is 0 Å². The van der Waals surface area contributed by atoms with Crippen molar-refractivity contribution in [3.8, 4) is 0 Å². The molecule has 0 bridgehead atoms. The van der Waals surface area contributed by atoms with E-state index in [1.54, 1.807) is 11.9 Å². The molecule has 28 heavy (non-hydrogen) atoms. The summed E-state index contributed by atoms with van der Waals surface area (Å²) in [6, 6.07) is 16.7. The number of amides is 4. The average molecular weight is 377 g/mol. The van der Waals surface area contributed by atoms with Crippen LogP contribution < -0.4 is 5.32 Å². The van der Waals surface area contributed by atoms with Gasteiger partial charge >= 0.3 is 6.03 Å². The Hall–Kier alpha value is -3.15. The van der Waals surface area contributed by atoms with Gasteiger partial charge < -0.3 is 10.2 Å². The number of nitrogens with zero attached hydrogens (tertiary/aromatic N) is 2. The highest BCUT2D eigenvalue weighted by atomic mass is 16.2. The number of carbonyl (C=O) groups excluding carboxylic acids is 3. The van der Waals surface area contributed by atoms with E-state index >= 15 is 0 Å². The molecule has 2 aromatic rings. The van der Waals surface area contributed by atoms with Crippen LogP contribution in [0.1, 0.15) is 36.1 Å². The number of likely N-dealkylation sites (N-methyl/N-ethyl adjacent to an activating group) is 1. The number of carbonyl (C=O) groups is 3. The van der Waals surface area contributed by atoms with Crippen LogP contribution in [0.15, 0.2) is 54.6 Å². The first kappa shape index (κ1) is 18.2. The summed E-state index contributed by atoms with van der Waals surface area (Å²) in [5.74, 6) is -0.611. The Kier molecular flexibility index (Phi) is 4.41. The molecular weight excluding hydrogens is 354 g/mol. The highest BCUT2D eigenvalue weighted by molar-refractivity contribution is 6.09. The molecule has 0 aromatic heterocycles. The number of urea groups is 1. The molecule has 0 radical (unpaired) electrons. The normalized spacial score (nSPS) is 21.6. The molecule has 1 N–H and O–H groups in total. The number of rotatable bonds is 4. The first-order valence-corrected chi connectivity index (χ1v) is 9.47. The van der Waals surface area contributed by atoms with E-state index in [4.69, 9.17) is 0 Å². The summed E-state index contributed by atoms with van der Waals surface area (Å²) in [7, 11) is 1.69. The Morgan fingerprint density at radius 1 is 1.14 bits per heavy atom. The maximum atomic E-state index is 13.2. The van der Waals surface area contributed by atoms with Crippen LogP contribution in [0.3, 0.4) is 0 Å². The molecule has 1 aliphatic carbocycles. The van der Waals surface area contributed by atoms with E-state index < -0.39 is 11.6 Å². The maximum absolute atomic E-state index is 13.2. The average Bonchev–Trinajstić information content (AvgIpc) is 3.21. The highest BCUT2D eigenvalue weighted by Crippen LogP contribution is 2.41. The Balaban J connectivity index is 1.52. The lowest BCUT2D eigenvalue weighted by Crippen LogP contribution is -2.44. The molecule has 2 unspecified atom stereocenters. The molecule has 2 aliphatic rings. The predicted octanol–water partition coefficient (Wildman–Crippen LogP) is 2.60. The van der Waals surface area contributed by atoms with Crippen LogP contribution in [0.5, 0.6) is 0 Å². The Morgan fingerprint density at radius 2 is 1.82 bits per heavy atom. The van der Waals surface area contributed by atoms with Gasteiger partial charge in [-0.1, -0.05) is 54.6 Å². The second kappa shape index (κ2) is 6.78. The standard InChI is InChI=1S/C22H23N3O3/c1-15(16-8-4-3-5-9-16)24(2)19(26)14-25-20(27)22(23-21(25)28)13-12-17-10-6-7-11-18(17)22/h3-11,15H,12-14H2,1-2H3,(H,23,28). The number of benzene rings is 2. The van der Waals surface area contributed by atoms with Crippen molar-refractivity contribution in [2.24, 2.45) is 0 Å². The van der Waals surface area contributed by atoms with Crippen molar-refractivity contribution in [3.63, 3.8) is 0 Å². The zero-order valence-corrected chi connectivity index (χ0v) is 16.0. The fourth-order valence-corrected chi connectivity index (χ4v) is 4.15. The molecule has 1 fully saturated rings. The summed E-state index contributed by atoms with van der Waals surface area (Å²) in [6.45, 7) is 1.66. The van der Waals surface area contributed by atoms with Crippen molar-refractivity contribution >= 4 is 17.8 Å². The third-order valence-corrected chi connectivity index (χ3v) is 5.97. The number of hydrogen-bond acceptors (Lipinski definition) is 3. The van der Waals surface area contributed by atoms with E-state index in [2.05, 4.69) is 5.32 Å². The molecule has 1 saturated heterocycles. The van der Waals surface area contributed by atoms with Crippen molar-refractivity contribution in [2.75, 3.05) is 13.6 Å². The smallest absolute Gasteiger partial charge is 0.325 e. The van der Waals surface area contributed by atoms with Gasteiger partial charge in [0.25, 0.3) is 5.91 Å². The van der Waals surface area contributed by atoms with Gasteiger partial charge in [0, 0.05) is 7.05 Å². The number of hydrogen-bond donors (Lipinski definition) is 1. The highest BCUT2D eigenvalue weighted by Gasteiger charge is 2.55. The van der Waals surface area contributed by atoms with Crippen LogP contribution in [0.2, 0.25) is 0 Å². The van der Waals surface area contributed by atoms with E-state index in [0.29, 0.717) is 6.42 Å². The van der Waals surface area contributed by atoms with E-state index in [-0.39, 0.29) is 24.4 Å². The summed E-state index contributed by atoms with van der Waals surface area (Å²) in [5, 5.41) is 2.86. The lowest BCUT2D eigenvalue weighted by atomic mass is 9.92. The van der Waals surface area contributed by atoms with Gasteiger partial charge in [-0.3, -0.25) is 14.5 Å². The van der Waals surface area contributed by atoms with E-state index in [0.717, 1.165) is 28.0 Å². The molecular formula is C22H23N3O3.